The molecule has 0 saturated heterocycles. The van der Waals surface area contributed by atoms with Crippen molar-refractivity contribution in [2.75, 3.05) is 7.11 Å². The van der Waals surface area contributed by atoms with Crippen LogP contribution in [0.4, 0.5) is 0 Å². The molecule has 0 radical (unpaired) electrons. The van der Waals surface area contributed by atoms with Gasteiger partial charge in [0.25, 0.3) is 5.91 Å². The first kappa shape index (κ1) is 21.4. The number of pyridine rings is 1. The van der Waals surface area contributed by atoms with E-state index in [0.717, 1.165) is 16.3 Å². The zero-order valence-corrected chi connectivity index (χ0v) is 17.9. The minimum atomic E-state index is -0.653. The van der Waals surface area contributed by atoms with E-state index in [1.807, 2.05) is 31.4 Å². The van der Waals surface area contributed by atoms with Crippen LogP contribution in [0.5, 0.6) is 5.75 Å². The summed E-state index contributed by atoms with van der Waals surface area (Å²) in [5, 5.41) is 8.44. The van der Waals surface area contributed by atoms with Gasteiger partial charge in [-0.1, -0.05) is 13.8 Å². The molecular formula is C22H24N4O3S. The molecule has 2 heterocycles. The Balaban J connectivity index is 1.60. The maximum atomic E-state index is 12.7. The molecule has 1 atom stereocenters. The van der Waals surface area contributed by atoms with Crippen LogP contribution in [0.3, 0.4) is 0 Å². The molecule has 1 unspecified atom stereocenters. The molecule has 0 saturated carbocycles. The summed E-state index contributed by atoms with van der Waals surface area (Å²) < 4.78 is 5.11. The van der Waals surface area contributed by atoms with Gasteiger partial charge >= 0.3 is 0 Å². The van der Waals surface area contributed by atoms with Crippen LogP contribution in [0.2, 0.25) is 0 Å². The Morgan fingerprint density at radius 1 is 1.10 bits per heavy atom. The van der Waals surface area contributed by atoms with E-state index in [2.05, 4.69) is 20.6 Å². The normalized spacial score (nSPS) is 11.7. The average molecular weight is 425 g/mol. The first-order valence-electron chi connectivity index (χ1n) is 9.55. The Labute approximate surface area is 179 Å². The Morgan fingerprint density at radius 2 is 1.80 bits per heavy atom. The maximum Gasteiger partial charge on any atom is 0.251 e. The smallest absolute Gasteiger partial charge is 0.251 e. The SMILES string of the molecule is COc1ccc(C(=O)NC(C(=O)NCc2nc(-c3ccncc3)cs2)C(C)C)cc1. The highest BCUT2D eigenvalue weighted by Crippen LogP contribution is 2.21. The van der Waals surface area contributed by atoms with Crippen LogP contribution in [0.25, 0.3) is 11.3 Å². The summed E-state index contributed by atoms with van der Waals surface area (Å²) >= 11 is 1.48. The van der Waals surface area contributed by atoms with Gasteiger partial charge in [-0.25, -0.2) is 4.98 Å². The molecule has 2 aromatic heterocycles. The number of rotatable bonds is 8. The van der Waals surface area contributed by atoms with Crippen LogP contribution in [0.1, 0.15) is 29.2 Å². The summed E-state index contributed by atoms with van der Waals surface area (Å²) in [6, 6.07) is 9.88. The predicted molar refractivity (Wildman–Crippen MR) is 116 cm³/mol. The number of methoxy groups -OCH3 is 1. The predicted octanol–water partition coefficient (Wildman–Crippen LogP) is 3.28. The van der Waals surface area contributed by atoms with Gasteiger partial charge in [0.05, 0.1) is 19.3 Å². The molecule has 1 aromatic carbocycles. The number of ether oxygens (including phenoxy) is 1. The van der Waals surface area contributed by atoms with Crippen molar-refractivity contribution in [2.45, 2.75) is 26.4 Å². The van der Waals surface area contributed by atoms with E-state index in [0.29, 0.717) is 17.9 Å². The fourth-order valence-electron chi connectivity index (χ4n) is 2.82. The van der Waals surface area contributed by atoms with Crippen molar-refractivity contribution in [2.24, 2.45) is 5.92 Å². The second-order valence-electron chi connectivity index (χ2n) is 7.00. The number of hydrogen-bond donors (Lipinski definition) is 2. The Morgan fingerprint density at radius 3 is 2.43 bits per heavy atom. The van der Waals surface area contributed by atoms with Crippen LogP contribution < -0.4 is 15.4 Å². The van der Waals surface area contributed by atoms with E-state index >= 15 is 0 Å². The van der Waals surface area contributed by atoms with Gasteiger partial charge in [0.1, 0.15) is 16.8 Å². The van der Waals surface area contributed by atoms with E-state index in [1.54, 1.807) is 43.8 Å². The van der Waals surface area contributed by atoms with Crippen molar-refractivity contribution < 1.29 is 14.3 Å². The van der Waals surface area contributed by atoms with E-state index in [1.165, 1.54) is 11.3 Å². The molecule has 3 rings (SSSR count). The number of amides is 2. The minimum absolute atomic E-state index is 0.0733. The molecule has 0 aliphatic heterocycles. The highest BCUT2D eigenvalue weighted by molar-refractivity contribution is 7.09. The van der Waals surface area contributed by atoms with E-state index in [4.69, 9.17) is 4.74 Å². The Hall–Kier alpha value is -3.26. The van der Waals surface area contributed by atoms with Crippen molar-refractivity contribution in [3.8, 4) is 17.0 Å². The highest BCUT2D eigenvalue weighted by atomic mass is 32.1. The topological polar surface area (TPSA) is 93.2 Å². The van der Waals surface area contributed by atoms with Crippen LogP contribution in [0.15, 0.2) is 54.2 Å². The Kier molecular flexibility index (Phi) is 7.13. The maximum absolute atomic E-state index is 12.7. The highest BCUT2D eigenvalue weighted by Gasteiger charge is 2.24. The number of nitrogens with zero attached hydrogens (tertiary/aromatic N) is 2. The van der Waals surface area contributed by atoms with Gasteiger partial charge in [0.15, 0.2) is 0 Å². The molecule has 0 fully saturated rings. The molecule has 7 nitrogen and oxygen atoms in total. The molecular weight excluding hydrogens is 400 g/mol. The molecule has 8 heteroatoms. The lowest BCUT2D eigenvalue weighted by Gasteiger charge is -2.21. The van der Waals surface area contributed by atoms with Crippen LogP contribution in [-0.2, 0) is 11.3 Å². The molecule has 2 N–H and O–H groups in total. The van der Waals surface area contributed by atoms with Crippen molar-refractivity contribution >= 4 is 23.2 Å². The average Bonchev–Trinajstić information content (AvgIpc) is 3.25. The summed E-state index contributed by atoms with van der Waals surface area (Å²) in [5.74, 6) is 0.0448. The summed E-state index contributed by atoms with van der Waals surface area (Å²) in [5.41, 5.74) is 2.29. The summed E-state index contributed by atoms with van der Waals surface area (Å²) in [4.78, 5) is 33.8. The third kappa shape index (κ3) is 5.42. The lowest BCUT2D eigenvalue weighted by molar-refractivity contribution is -0.124. The summed E-state index contributed by atoms with van der Waals surface area (Å²) in [6.45, 7) is 4.09. The van der Waals surface area contributed by atoms with E-state index < -0.39 is 6.04 Å². The Bertz CT molecular complexity index is 987. The molecule has 2 amide bonds. The summed E-state index contributed by atoms with van der Waals surface area (Å²) in [6.07, 6.45) is 3.43. The van der Waals surface area contributed by atoms with Gasteiger partial charge in [-0.3, -0.25) is 14.6 Å². The first-order chi connectivity index (χ1) is 14.5. The van der Waals surface area contributed by atoms with Crippen molar-refractivity contribution in [3.63, 3.8) is 0 Å². The van der Waals surface area contributed by atoms with Gasteiger partial charge in [0, 0.05) is 28.9 Å². The van der Waals surface area contributed by atoms with Crippen LogP contribution in [-0.4, -0.2) is 34.9 Å². The lowest BCUT2D eigenvalue weighted by atomic mass is 10.0. The first-order valence-corrected chi connectivity index (χ1v) is 10.4. The standard InChI is InChI=1S/C22H24N4O3S/c1-14(2)20(26-21(27)16-4-6-17(29-3)7-5-16)22(28)24-12-19-25-18(13-30-19)15-8-10-23-11-9-15/h4-11,13-14,20H,12H2,1-3H3,(H,24,28)(H,26,27). The third-order valence-electron chi connectivity index (χ3n) is 4.53. The number of aromatic nitrogens is 2. The molecule has 30 heavy (non-hydrogen) atoms. The third-order valence-corrected chi connectivity index (χ3v) is 5.38. The number of carbonyl (C=O) groups is 2. The van der Waals surface area contributed by atoms with Crippen molar-refractivity contribution in [1.82, 2.24) is 20.6 Å². The zero-order valence-electron chi connectivity index (χ0n) is 17.1. The lowest BCUT2D eigenvalue weighted by Crippen LogP contribution is -2.49. The van der Waals surface area contributed by atoms with Gasteiger partial charge in [0.2, 0.25) is 5.91 Å². The molecule has 3 aromatic rings. The monoisotopic (exact) mass is 424 g/mol. The molecule has 0 spiro atoms. The summed E-state index contributed by atoms with van der Waals surface area (Å²) in [7, 11) is 1.57. The van der Waals surface area contributed by atoms with Gasteiger partial charge in [-0.2, -0.15) is 0 Å². The number of carbonyl (C=O) groups excluding carboxylic acids is 2. The van der Waals surface area contributed by atoms with Gasteiger partial charge < -0.3 is 15.4 Å². The fourth-order valence-corrected chi connectivity index (χ4v) is 3.56. The van der Waals surface area contributed by atoms with E-state index in [9.17, 15) is 9.59 Å². The van der Waals surface area contributed by atoms with Crippen LogP contribution in [0, 0.1) is 5.92 Å². The second kappa shape index (κ2) is 9.98. The largest absolute Gasteiger partial charge is 0.497 e. The zero-order chi connectivity index (χ0) is 21.5. The van der Waals surface area contributed by atoms with Crippen molar-refractivity contribution in [1.29, 1.82) is 0 Å². The fraction of sp³-hybridized carbons (Fsp3) is 0.273. The number of hydrogen-bond acceptors (Lipinski definition) is 6. The molecule has 0 bridgehead atoms. The molecule has 0 aliphatic carbocycles. The van der Waals surface area contributed by atoms with Gasteiger partial charge in [-0.15, -0.1) is 11.3 Å². The number of benzene rings is 1. The second-order valence-corrected chi connectivity index (χ2v) is 7.95. The number of nitrogens with one attached hydrogen (secondary N) is 2. The molecule has 156 valence electrons. The number of thiazole rings is 1. The van der Waals surface area contributed by atoms with Crippen LogP contribution >= 0.6 is 11.3 Å². The minimum Gasteiger partial charge on any atom is -0.497 e. The van der Waals surface area contributed by atoms with Gasteiger partial charge in [-0.05, 0) is 42.3 Å². The quantitative estimate of drug-likeness (QED) is 0.579. The van der Waals surface area contributed by atoms with E-state index in [-0.39, 0.29) is 17.7 Å². The van der Waals surface area contributed by atoms with Crippen molar-refractivity contribution in [3.05, 3.63) is 64.7 Å². The molecule has 0 aliphatic rings.